The fraction of sp³-hybridized carbons (Fsp3) is 0.188. The number of nitrogens with one attached hydrogen (secondary N) is 1. The number of hydrogen-bond acceptors (Lipinski definition) is 4. The van der Waals surface area contributed by atoms with E-state index >= 15 is 0 Å². The van der Waals surface area contributed by atoms with E-state index in [1.54, 1.807) is 11.3 Å². The normalized spacial score (nSPS) is 10.8. The minimum absolute atomic E-state index is 0.569. The molecule has 1 aromatic heterocycles. The summed E-state index contributed by atoms with van der Waals surface area (Å²) in [6.45, 7) is 1.36. The van der Waals surface area contributed by atoms with Gasteiger partial charge in [-0.15, -0.1) is 11.3 Å². The molecule has 0 radical (unpaired) electrons. The number of ether oxygens (including phenoxy) is 1. The van der Waals surface area contributed by atoms with Gasteiger partial charge < -0.3 is 10.1 Å². The van der Waals surface area contributed by atoms with Crippen LogP contribution in [0.2, 0.25) is 0 Å². The first kappa shape index (κ1) is 13.1. The van der Waals surface area contributed by atoms with Gasteiger partial charge in [-0.2, -0.15) is 0 Å². The molecule has 0 aliphatic carbocycles. The first-order chi connectivity index (χ1) is 9.88. The molecule has 0 saturated carbocycles. The van der Waals surface area contributed by atoms with Crippen LogP contribution in [0.25, 0.3) is 10.8 Å². The minimum atomic E-state index is 0.569. The van der Waals surface area contributed by atoms with Crippen LogP contribution in [-0.2, 0) is 13.2 Å². The SMILES string of the molecule is CNCc1c(OCc2cncs2)ccc2ccccc12. The quantitative estimate of drug-likeness (QED) is 0.777. The zero-order chi connectivity index (χ0) is 13.8. The molecule has 0 saturated heterocycles. The Morgan fingerprint density at radius 2 is 2.10 bits per heavy atom. The molecule has 1 heterocycles. The average Bonchev–Trinajstić information content (AvgIpc) is 3.00. The summed E-state index contributed by atoms with van der Waals surface area (Å²) in [5.41, 5.74) is 3.03. The van der Waals surface area contributed by atoms with Crippen LogP contribution >= 0.6 is 11.3 Å². The lowest BCUT2D eigenvalue weighted by Gasteiger charge is -2.13. The predicted molar refractivity (Wildman–Crippen MR) is 83.2 cm³/mol. The number of hydrogen-bond donors (Lipinski definition) is 1. The van der Waals surface area contributed by atoms with Crippen LogP contribution in [0, 0.1) is 0 Å². The maximum atomic E-state index is 5.97. The molecule has 3 nitrogen and oxygen atoms in total. The Balaban J connectivity index is 1.94. The number of benzene rings is 2. The molecule has 3 rings (SSSR count). The number of nitrogens with zero attached hydrogens (tertiary/aromatic N) is 1. The molecule has 2 aromatic carbocycles. The van der Waals surface area contributed by atoms with Gasteiger partial charge in [-0.1, -0.05) is 30.3 Å². The Hall–Kier alpha value is -1.91. The minimum Gasteiger partial charge on any atom is -0.488 e. The van der Waals surface area contributed by atoms with Crippen LogP contribution in [0.1, 0.15) is 10.4 Å². The molecule has 0 spiro atoms. The highest BCUT2D eigenvalue weighted by Crippen LogP contribution is 2.28. The Bertz CT molecular complexity index is 695. The maximum absolute atomic E-state index is 5.97. The van der Waals surface area contributed by atoms with Gasteiger partial charge in [0.15, 0.2) is 0 Å². The van der Waals surface area contributed by atoms with Crippen LogP contribution in [-0.4, -0.2) is 12.0 Å². The van der Waals surface area contributed by atoms with Crippen molar-refractivity contribution in [2.45, 2.75) is 13.2 Å². The first-order valence-electron chi connectivity index (χ1n) is 6.54. The lowest BCUT2D eigenvalue weighted by atomic mass is 10.0. The Morgan fingerprint density at radius 1 is 1.20 bits per heavy atom. The highest BCUT2D eigenvalue weighted by molar-refractivity contribution is 7.09. The molecule has 20 heavy (non-hydrogen) atoms. The number of aromatic nitrogens is 1. The lowest BCUT2D eigenvalue weighted by Crippen LogP contribution is -2.08. The molecule has 0 fully saturated rings. The molecular formula is C16H16N2OS. The van der Waals surface area contributed by atoms with E-state index in [0.717, 1.165) is 17.2 Å². The van der Waals surface area contributed by atoms with Gasteiger partial charge in [-0.3, -0.25) is 4.98 Å². The topological polar surface area (TPSA) is 34.1 Å². The Morgan fingerprint density at radius 3 is 2.90 bits per heavy atom. The number of rotatable bonds is 5. The van der Waals surface area contributed by atoms with Crippen LogP contribution in [0.4, 0.5) is 0 Å². The molecule has 102 valence electrons. The molecule has 0 aliphatic rings. The van der Waals surface area contributed by atoms with Crippen molar-refractivity contribution in [3.8, 4) is 5.75 Å². The van der Waals surface area contributed by atoms with E-state index in [2.05, 4.69) is 46.7 Å². The van der Waals surface area contributed by atoms with Crippen molar-refractivity contribution in [2.75, 3.05) is 7.05 Å². The van der Waals surface area contributed by atoms with Crippen molar-refractivity contribution >= 4 is 22.1 Å². The fourth-order valence-corrected chi connectivity index (χ4v) is 2.78. The monoisotopic (exact) mass is 284 g/mol. The summed E-state index contributed by atoms with van der Waals surface area (Å²) in [4.78, 5) is 5.20. The van der Waals surface area contributed by atoms with Crippen LogP contribution in [0.5, 0.6) is 5.75 Å². The summed E-state index contributed by atoms with van der Waals surface area (Å²) in [6.07, 6.45) is 1.85. The fourth-order valence-electron chi connectivity index (χ4n) is 2.27. The zero-order valence-electron chi connectivity index (χ0n) is 11.3. The molecule has 0 unspecified atom stereocenters. The van der Waals surface area contributed by atoms with Crippen LogP contribution in [0.15, 0.2) is 48.1 Å². The Kier molecular flexibility index (Phi) is 3.95. The Labute approximate surface area is 122 Å². The third-order valence-corrected chi connectivity index (χ3v) is 3.96. The molecule has 1 N–H and O–H groups in total. The van der Waals surface area contributed by atoms with Gasteiger partial charge in [-0.05, 0) is 23.9 Å². The van der Waals surface area contributed by atoms with Crippen molar-refractivity contribution in [1.29, 1.82) is 0 Å². The van der Waals surface area contributed by atoms with E-state index in [1.807, 2.05) is 18.8 Å². The van der Waals surface area contributed by atoms with Gasteiger partial charge >= 0.3 is 0 Å². The van der Waals surface area contributed by atoms with Gasteiger partial charge in [0, 0.05) is 18.3 Å². The smallest absolute Gasteiger partial charge is 0.124 e. The zero-order valence-corrected chi connectivity index (χ0v) is 12.1. The summed E-state index contributed by atoms with van der Waals surface area (Å²) < 4.78 is 5.97. The van der Waals surface area contributed by atoms with E-state index in [-0.39, 0.29) is 0 Å². The molecule has 0 atom stereocenters. The molecule has 4 heteroatoms. The van der Waals surface area contributed by atoms with Gasteiger partial charge in [0.05, 0.1) is 10.4 Å². The summed E-state index contributed by atoms with van der Waals surface area (Å²) in [5, 5.41) is 5.70. The van der Waals surface area contributed by atoms with Crippen molar-refractivity contribution in [3.63, 3.8) is 0 Å². The number of fused-ring (bicyclic) bond motifs is 1. The second-order valence-electron chi connectivity index (χ2n) is 4.55. The highest BCUT2D eigenvalue weighted by Gasteiger charge is 2.08. The van der Waals surface area contributed by atoms with E-state index in [1.165, 1.54) is 16.3 Å². The lowest BCUT2D eigenvalue weighted by molar-refractivity contribution is 0.306. The summed E-state index contributed by atoms with van der Waals surface area (Å²) >= 11 is 1.61. The molecule has 3 aromatic rings. The van der Waals surface area contributed by atoms with Crippen LogP contribution in [0.3, 0.4) is 0 Å². The summed E-state index contributed by atoms with van der Waals surface area (Å²) in [7, 11) is 1.95. The average molecular weight is 284 g/mol. The van der Waals surface area contributed by atoms with E-state index in [4.69, 9.17) is 4.74 Å². The van der Waals surface area contributed by atoms with E-state index in [9.17, 15) is 0 Å². The van der Waals surface area contributed by atoms with Gasteiger partial charge in [0.1, 0.15) is 12.4 Å². The molecular weight excluding hydrogens is 268 g/mol. The summed E-state index contributed by atoms with van der Waals surface area (Å²) in [5.74, 6) is 0.937. The maximum Gasteiger partial charge on any atom is 0.124 e. The number of thiazole rings is 1. The van der Waals surface area contributed by atoms with Gasteiger partial charge in [-0.25, -0.2) is 0 Å². The second-order valence-corrected chi connectivity index (χ2v) is 5.52. The second kappa shape index (κ2) is 6.03. The standard InChI is InChI=1S/C16H16N2OS/c1-17-9-15-14-5-3-2-4-12(14)6-7-16(15)19-10-13-8-18-11-20-13/h2-8,11,17H,9-10H2,1H3. The first-order valence-corrected chi connectivity index (χ1v) is 7.42. The van der Waals surface area contributed by atoms with Gasteiger partial charge in [0.2, 0.25) is 0 Å². The van der Waals surface area contributed by atoms with Gasteiger partial charge in [0.25, 0.3) is 0 Å². The van der Waals surface area contributed by atoms with Crippen molar-refractivity contribution in [1.82, 2.24) is 10.3 Å². The van der Waals surface area contributed by atoms with E-state index < -0.39 is 0 Å². The van der Waals surface area contributed by atoms with Crippen molar-refractivity contribution < 1.29 is 4.74 Å². The predicted octanol–water partition coefficient (Wildman–Crippen LogP) is 3.59. The third-order valence-electron chi connectivity index (χ3n) is 3.20. The summed E-state index contributed by atoms with van der Waals surface area (Å²) in [6, 6.07) is 12.5. The van der Waals surface area contributed by atoms with Crippen LogP contribution < -0.4 is 10.1 Å². The van der Waals surface area contributed by atoms with Crippen molar-refractivity contribution in [3.05, 3.63) is 58.5 Å². The largest absolute Gasteiger partial charge is 0.488 e. The highest BCUT2D eigenvalue weighted by atomic mass is 32.1. The molecule has 0 amide bonds. The van der Waals surface area contributed by atoms with E-state index in [0.29, 0.717) is 6.61 Å². The van der Waals surface area contributed by atoms with Crippen molar-refractivity contribution in [2.24, 2.45) is 0 Å². The third kappa shape index (κ3) is 2.66. The molecule has 0 aliphatic heterocycles. The molecule has 0 bridgehead atoms.